The van der Waals surface area contributed by atoms with Crippen molar-refractivity contribution in [3.05, 3.63) is 33.8 Å². The number of sulfonamides is 1. The molecular formula is C19H27Cl2N3O3S. The minimum absolute atomic E-state index is 0.0791. The number of benzene rings is 1. The third-order valence-electron chi connectivity index (χ3n) is 5.66. The summed E-state index contributed by atoms with van der Waals surface area (Å²) in [7, 11) is -3.45. The Morgan fingerprint density at radius 1 is 1.04 bits per heavy atom. The largest absolute Gasteiger partial charge is 0.340 e. The van der Waals surface area contributed by atoms with Crippen molar-refractivity contribution in [1.29, 1.82) is 0 Å². The minimum atomic E-state index is -3.45. The fourth-order valence-electron chi connectivity index (χ4n) is 3.85. The maximum absolute atomic E-state index is 12.8. The van der Waals surface area contributed by atoms with E-state index >= 15 is 0 Å². The van der Waals surface area contributed by atoms with Crippen LogP contribution in [0.1, 0.15) is 25.3 Å². The van der Waals surface area contributed by atoms with Crippen molar-refractivity contribution >= 4 is 39.1 Å². The Hall–Kier alpha value is -0.860. The monoisotopic (exact) mass is 447 g/mol. The molecule has 0 bridgehead atoms. The lowest BCUT2D eigenvalue weighted by atomic mass is 9.96. The maximum Gasteiger partial charge on any atom is 0.225 e. The van der Waals surface area contributed by atoms with Crippen LogP contribution in [0.3, 0.4) is 0 Å². The molecule has 0 atom stereocenters. The quantitative estimate of drug-likeness (QED) is 0.695. The van der Waals surface area contributed by atoms with Crippen LogP contribution in [0.25, 0.3) is 0 Å². The van der Waals surface area contributed by atoms with Gasteiger partial charge in [0.15, 0.2) is 0 Å². The molecule has 3 rings (SSSR count). The van der Waals surface area contributed by atoms with Gasteiger partial charge >= 0.3 is 0 Å². The predicted octanol–water partition coefficient (Wildman–Crippen LogP) is 2.70. The zero-order chi connectivity index (χ0) is 20.3. The smallest absolute Gasteiger partial charge is 0.225 e. The van der Waals surface area contributed by atoms with E-state index in [4.69, 9.17) is 23.2 Å². The van der Waals surface area contributed by atoms with Crippen molar-refractivity contribution in [1.82, 2.24) is 14.1 Å². The van der Waals surface area contributed by atoms with Crippen molar-refractivity contribution in [3.8, 4) is 0 Å². The first kappa shape index (κ1) is 21.8. The molecule has 0 saturated carbocycles. The second-order valence-electron chi connectivity index (χ2n) is 7.44. The average molecular weight is 448 g/mol. The molecule has 1 aromatic carbocycles. The third-order valence-corrected chi connectivity index (χ3v) is 8.25. The summed E-state index contributed by atoms with van der Waals surface area (Å²) >= 11 is 11.9. The Morgan fingerprint density at radius 2 is 1.68 bits per heavy atom. The van der Waals surface area contributed by atoms with E-state index in [1.807, 2.05) is 4.90 Å². The molecule has 28 heavy (non-hydrogen) atoms. The van der Waals surface area contributed by atoms with Gasteiger partial charge in [0.25, 0.3) is 0 Å². The topological polar surface area (TPSA) is 60.9 Å². The summed E-state index contributed by atoms with van der Waals surface area (Å²) in [5, 5.41) is 0.753. The number of piperidine rings is 1. The number of carbonyl (C=O) groups is 1. The van der Waals surface area contributed by atoms with E-state index in [2.05, 4.69) is 11.8 Å². The van der Waals surface area contributed by atoms with Gasteiger partial charge in [0, 0.05) is 45.2 Å². The maximum atomic E-state index is 12.8. The van der Waals surface area contributed by atoms with Crippen LogP contribution in [0, 0.1) is 5.92 Å². The zero-order valence-electron chi connectivity index (χ0n) is 16.1. The highest BCUT2D eigenvalue weighted by Gasteiger charge is 2.33. The van der Waals surface area contributed by atoms with Gasteiger partial charge in [-0.2, -0.15) is 0 Å². The van der Waals surface area contributed by atoms with Crippen LogP contribution < -0.4 is 0 Å². The van der Waals surface area contributed by atoms with Gasteiger partial charge < -0.3 is 9.80 Å². The Morgan fingerprint density at radius 3 is 2.25 bits per heavy atom. The van der Waals surface area contributed by atoms with Crippen LogP contribution in [0.4, 0.5) is 0 Å². The van der Waals surface area contributed by atoms with Crippen LogP contribution in [-0.4, -0.2) is 74.2 Å². The normalized spacial score (nSPS) is 20.5. The number of amides is 1. The highest BCUT2D eigenvalue weighted by atomic mass is 35.5. The van der Waals surface area contributed by atoms with Gasteiger partial charge in [-0.05, 0) is 37.1 Å². The SMILES string of the molecule is CCN1CCN(C(=O)C2CCN(S(=O)(=O)Cc3ccc(Cl)c(Cl)c3)CC2)CC1. The van der Waals surface area contributed by atoms with E-state index in [-0.39, 0.29) is 17.6 Å². The number of piperazine rings is 1. The first-order valence-electron chi connectivity index (χ1n) is 9.73. The second-order valence-corrected chi connectivity index (χ2v) is 10.2. The van der Waals surface area contributed by atoms with Crippen molar-refractivity contribution in [2.45, 2.75) is 25.5 Å². The molecule has 9 heteroatoms. The lowest BCUT2D eigenvalue weighted by Gasteiger charge is -2.38. The summed E-state index contributed by atoms with van der Waals surface area (Å²) in [6.45, 7) is 7.27. The first-order valence-corrected chi connectivity index (χ1v) is 12.1. The van der Waals surface area contributed by atoms with E-state index in [9.17, 15) is 13.2 Å². The number of hydrogen-bond donors (Lipinski definition) is 0. The number of likely N-dealkylation sites (N-methyl/N-ethyl adjacent to an activating group) is 1. The summed E-state index contributed by atoms with van der Waals surface area (Å²) in [6.07, 6.45) is 1.15. The van der Waals surface area contributed by atoms with Gasteiger partial charge in [-0.1, -0.05) is 36.2 Å². The number of rotatable bonds is 5. The molecule has 0 aliphatic carbocycles. The Kier molecular flexibility index (Phi) is 7.26. The highest BCUT2D eigenvalue weighted by Crippen LogP contribution is 2.26. The third kappa shape index (κ3) is 5.19. The van der Waals surface area contributed by atoms with Gasteiger partial charge in [-0.25, -0.2) is 12.7 Å². The number of hydrogen-bond acceptors (Lipinski definition) is 4. The van der Waals surface area contributed by atoms with E-state index in [1.54, 1.807) is 18.2 Å². The van der Waals surface area contributed by atoms with Crippen molar-refractivity contribution in [3.63, 3.8) is 0 Å². The molecule has 1 aromatic rings. The fourth-order valence-corrected chi connectivity index (χ4v) is 5.73. The highest BCUT2D eigenvalue weighted by molar-refractivity contribution is 7.88. The van der Waals surface area contributed by atoms with Crippen LogP contribution in [-0.2, 0) is 20.6 Å². The molecule has 2 aliphatic heterocycles. The van der Waals surface area contributed by atoms with Crippen LogP contribution in [0.2, 0.25) is 10.0 Å². The Labute approximate surface area is 177 Å². The fraction of sp³-hybridized carbons (Fsp3) is 0.632. The number of nitrogens with zero attached hydrogens (tertiary/aromatic N) is 3. The number of carbonyl (C=O) groups excluding carboxylic acids is 1. The Bertz CT molecular complexity index is 803. The van der Waals surface area contributed by atoms with E-state index < -0.39 is 10.0 Å². The summed E-state index contributed by atoms with van der Waals surface area (Å²) in [6, 6.07) is 4.88. The zero-order valence-corrected chi connectivity index (χ0v) is 18.4. The van der Waals surface area contributed by atoms with Crippen molar-refractivity contribution in [2.75, 3.05) is 45.8 Å². The standard InChI is InChI=1S/C19H27Cl2N3O3S/c1-2-22-9-11-23(12-10-22)19(25)16-5-7-24(8-6-16)28(26,27)14-15-3-4-17(20)18(21)13-15/h3-4,13,16H,2,5-12,14H2,1H3. The van der Waals surface area contributed by atoms with Crippen molar-refractivity contribution < 1.29 is 13.2 Å². The minimum Gasteiger partial charge on any atom is -0.340 e. The second kappa shape index (κ2) is 9.30. The average Bonchev–Trinajstić information content (AvgIpc) is 2.70. The van der Waals surface area contributed by atoms with E-state index in [0.717, 1.165) is 32.7 Å². The van der Waals surface area contributed by atoms with Gasteiger partial charge in [0.05, 0.1) is 15.8 Å². The molecule has 1 amide bonds. The molecule has 0 spiro atoms. The van der Waals surface area contributed by atoms with Gasteiger partial charge in [0.2, 0.25) is 15.9 Å². The molecule has 156 valence electrons. The number of halogens is 2. The lowest BCUT2D eigenvalue weighted by Crippen LogP contribution is -2.51. The molecule has 0 unspecified atom stereocenters. The molecule has 2 heterocycles. The molecule has 0 N–H and O–H groups in total. The van der Waals surface area contributed by atoms with Crippen LogP contribution in [0.15, 0.2) is 18.2 Å². The van der Waals surface area contributed by atoms with Gasteiger partial charge in [0.1, 0.15) is 0 Å². The molecule has 0 radical (unpaired) electrons. The van der Waals surface area contributed by atoms with Crippen LogP contribution in [0.5, 0.6) is 0 Å². The lowest BCUT2D eigenvalue weighted by molar-refractivity contribution is -0.138. The van der Waals surface area contributed by atoms with Gasteiger partial charge in [-0.15, -0.1) is 0 Å². The van der Waals surface area contributed by atoms with Gasteiger partial charge in [-0.3, -0.25) is 4.79 Å². The summed E-state index contributed by atoms with van der Waals surface area (Å²) in [5.41, 5.74) is 0.612. The first-order chi connectivity index (χ1) is 13.3. The molecule has 0 aromatic heterocycles. The Balaban J connectivity index is 1.54. The van der Waals surface area contributed by atoms with E-state index in [0.29, 0.717) is 41.5 Å². The summed E-state index contributed by atoms with van der Waals surface area (Å²) < 4.78 is 27.0. The molecule has 2 fully saturated rings. The van der Waals surface area contributed by atoms with E-state index in [1.165, 1.54) is 4.31 Å². The predicted molar refractivity (Wildman–Crippen MR) is 112 cm³/mol. The molecule has 6 nitrogen and oxygen atoms in total. The molecule has 2 aliphatic rings. The summed E-state index contributed by atoms with van der Waals surface area (Å²) in [5.74, 6) is -0.0107. The molecule has 2 saturated heterocycles. The molecular weight excluding hydrogens is 421 g/mol. The van der Waals surface area contributed by atoms with Crippen molar-refractivity contribution in [2.24, 2.45) is 5.92 Å². The van der Waals surface area contributed by atoms with Crippen LogP contribution >= 0.6 is 23.2 Å². The summed E-state index contributed by atoms with van der Waals surface area (Å²) in [4.78, 5) is 17.1.